The van der Waals surface area contributed by atoms with E-state index in [1.54, 1.807) is 6.21 Å². The molecule has 23 heavy (non-hydrogen) atoms. The van der Waals surface area contributed by atoms with E-state index in [0.29, 0.717) is 5.75 Å². The monoisotopic (exact) mass is 388 g/mol. The molecule has 0 fully saturated rings. The summed E-state index contributed by atoms with van der Waals surface area (Å²) in [7, 11) is 0. The van der Waals surface area contributed by atoms with Crippen molar-refractivity contribution in [2.24, 2.45) is 5.10 Å². The molecule has 1 heterocycles. The minimum atomic E-state index is -0.301. The molecule has 0 spiro atoms. The normalized spacial score (nSPS) is 11.0. The van der Waals surface area contributed by atoms with E-state index in [-0.39, 0.29) is 12.5 Å². The molecule has 0 saturated heterocycles. The Labute approximate surface area is 145 Å². The summed E-state index contributed by atoms with van der Waals surface area (Å²) in [6.45, 7) is -0.0795. The van der Waals surface area contributed by atoms with Crippen LogP contribution in [0.3, 0.4) is 0 Å². The number of hydrazone groups is 1. The maximum Gasteiger partial charge on any atom is 0.277 e. The fraction of sp³-hybridized carbons (Fsp3) is 0.0588. The smallest absolute Gasteiger partial charge is 0.277 e. The summed E-state index contributed by atoms with van der Waals surface area (Å²) in [6.07, 6.45) is 1.60. The Morgan fingerprint density at radius 3 is 2.83 bits per heavy atom. The number of ether oxygens (including phenoxy) is 1. The number of amides is 1. The van der Waals surface area contributed by atoms with Crippen LogP contribution in [-0.4, -0.2) is 18.7 Å². The maximum atomic E-state index is 11.7. The molecule has 3 rings (SSSR count). The van der Waals surface area contributed by atoms with E-state index >= 15 is 0 Å². The molecule has 4 nitrogen and oxygen atoms in total. The van der Waals surface area contributed by atoms with Gasteiger partial charge in [-0.1, -0.05) is 30.3 Å². The highest BCUT2D eigenvalue weighted by atomic mass is 79.9. The third-order valence-electron chi connectivity index (χ3n) is 3.06. The first kappa shape index (κ1) is 15.7. The molecule has 116 valence electrons. The van der Waals surface area contributed by atoms with Crippen LogP contribution >= 0.6 is 27.3 Å². The maximum absolute atomic E-state index is 11.7. The van der Waals surface area contributed by atoms with Gasteiger partial charge >= 0.3 is 0 Å². The Balaban J connectivity index is 1.52. The first-order valence-electron chi connectivity index (χ1n) is 6.88. The summed E-state index contributed by atoms with van der Waals surface area (Å²) in [5.74, 6) is 0.357. The van der Waals surface area contributed by atoms with Crippen LogP contribution in [0.4, 0.5) is 0 Å². The van der Waals surface area contributed by atoms with Crippen LogP contribution < -0.4 is 10.2 Å². The Morgan fingerprint density at radius 1 is 1.22 bits per heavy atom. The molecule has 0 radical (unpaired) electrons. The van der Waals surface area contributed by atoms with E-state index in [1.165, 1.54) is 11.3 Å². The van der Waals surface area contributed by atoms with E-state index in [0.717, 1.165) is 20.1 Å². The van der Waals surface area contributed by atoms with Gasteiger partial charge in [-0.05, 0) is 44.9 Å². The quantitative estimate of drug-likeness (QED) is 0.526. The first-order valence-corrected chi connectivity index (χ1v) is 8.55. The summed E-state index contributed by atoms with van der Waals surface area (Å²) < 4.78 is 6.49. The molecule has 0 aliphatic rings. The van der Waals surface area contributed by atoms with Gasteiger partial charge in [0.1, 0.15) is 5.75 Å². The SMILES string of the molecule is O=C(COc1ccc2ccccc2c1)N/N=C/c1cc(Br)cs1. The van der Waals surface area contributed by atoms with Gasteiger partial charge in [-0.2, -0.15) is 5.10 Å². The van der Waals surface area contributed by atoms with Gasteiger partial charge < -0.3 is 4.74 Å². The Hall–Kier alpha value is -2.18. The zero-order valence-corrected chi connectivity index (χ0v) is 14.4. The van der Waals surface area contributed by atoms with Gasteiger partial charge in [-0.25, -0.2) is 5.43 Å². The summed E-state index contributed by atoms with van der Waals surface area (Å²) in [5.41, 5.74) is 2.44. The van der Waals surface area contributed by atoms with Gasteiger partial charge in [-0.15, -0.1) is 11.3 Å². The van der Waals surface area contributed by atoms with Crippen molar-refractivity contribution in [3.05, 3.63) is 63.3 Å². The topological polar surface area (TPSA) is 50.7 Å². The number of rotatable bonds is 5. The molecule has 1 aromatic heterocycles. The van der Waals surface area contributed by atoms with Crippen molar-refractivity contribution >= 4 is 50.2 Å². The molecule has 6 heteroatoms. The highest BCUT2D eigenvalue weighted by Gasteiger charge is 2.02. The number of thiophene rings is 1. The molecule has 1 N–H and O–H groups in total. The summed E-state index contributed by atoms with van der Waals surface area (Å²) in [6, 6.07) is 15.6. The Morgan fingerprint density at radius 2 is 2.04 bits per heavy atom. The lowest BCUT2D eigenvalue weighted by molar-refractivity contribution is -0.123. The lowest BCUT2D eigenvalue weighted by atomic mass is 10.1. The summed E-state index contributed by atoms with van der Waals surface area (Å²) >= 11 is 4.90. The van der Waals surface area contributed by atoms with E-state index in [1.807, 2.05) is 53.9 Å². The molecule has 0 unspecified atom stereocenters. The second-order valence-electron chi connectivity index (χ2n) is 4.76. The van der Waals surface area contributed by atoms with Crippen LogP contribution in [0, 0.1) is 0 Å². The largest absolute Gasteiger partial charge is 0.484 e. The standard InChI is InChI=1S/C17H13BrN2O2S/c18-14-8-16(23-11-14)9-19-20-17(21)10-22-15-6-5-12-3-1-2-4-13(12)7-15/h1-9,11H,10H2,(H,20,21)/b19-9+. The highest BCUT2D eigenvalue weighted by molar-refractivity contribution is 9.10. The number of carbonyl (C=O) groups is 1. The molecular weight excluding hydrogens is 376 g/mol. The second-order valence-corrected chi connectivity index (χ2v) is 6.62. The van der Waals surface area contributed by atoms with Gasteiger partial charge in [0.2, 0.25) is 0 Å². The molecule has 0 aliphatic heterocycles. The van der Waals surface area contributed by atoms with Gasteiger partial charge in [0, 0.05) is 14.7 Å². The number of carbonyl (C=O) groups excluding carboxylic acids is 1. The Bertz CT molecular complexity index is 860. The third-order valence-corrected chi connectivity index (χ3v) is 4.69. The van der Waals surface area contributed by atoms with Crippen molar-refractivity contribution in [1.82, 2.24) is 5.43 Å². The molecule has 0 saturated carbocycles. The van der Waals surface area contributed by atoms with Gasteiger partial charge in [0.15, 0.2) is 6.61 Å². The third kappa shape index (κ3) is 4.40. The van der Waals surface area contributed by atoms with Crippen molar-refractivity contribution in [3.63, 3.8) is 0 Å². The zero-order valence-electron chi connectivity index (χ0n) is 12.0. The van der Waals surface area contributed by atoms with Crippen LogP contribution in [0.15, 0.2) is 63.5 Å². The molecule has 1 amide bonds. The van der Waals surface area contributed by atoms with Crippen LogP contribution in [0.25, 0.3) is 10.8 Å². The van der Waals surface area contributed by atoms with E-state index < -0.39 is 0 Å². The molecule has 0 aliphatic carbocycles. The molecule has 2 aromatic carbocycles. The van der Waals surface area contributed by atoms with Gasteiger partial charge in [0.25, 0.3) is 5.91 Å². The molecular formula is C17H13BrN2O2S. The zero-order chi connectivity index (χ0) is 16.1. The predicted molar refractivity (Wildman–Crippen MR) is 97.2 cm³/mol. The van der Waals surface area contributed by atoms with Crippen LogP contribution in [0.5, 0.6) is 5.75 Å². The summed E-state index contributed by atoms with van der Waals surface area (Å²) in [4.78, 5) is 12.7. The molecule has 0 atom stereocenters. The highest BCUT2D eigenvalue weighted by Crippen LogP contribution is 2.20. The van der Waals surface area contributed by atoms with Gasteiger partial charge in [0.05, 0.1) is 6.21 Å². The summed E-state index contributed by atoms with van der Waals surface area (Å²) in [5, 5.41) is 8.06. The number of halogens is 1. The van der Waals surface area contributed by atoms with Crippen LogP contribution in [0.1, 0.15) is 4.88 Å². The molecule has 0 bridgehead atoms. The lowest BCUT2D eigenvalue weighted by Crippen LogP contribution is -2.24. The van der Waals surface area contributed by atoms with Crippen molar-refractivity contribution < 1.29 is 9.53 Å². The fourth-order valence-electron chi connectivity index (χ4n) is 2.00. The van der Waals surface area contributed by atoms with Crippen molar-refractivity contribution in [1.29, 1.82) is 0 Å². The van der Waals surface area contributed by atoms with Crippen molar-refractivity contribution in [3.8, 4) is 5.75 Å². The predicted octanol–water partition coefficient (Wildman–Crippen LogP) is 4.19. The number of nitrogens with zero attached hydrogens (tertiary/aromatic N) is 1. The number of benzene rings is 2. The van der Waals surface area contributed by atoms with E-state index in [4.69, 9.17) is 4.74 Å². The van der Waals surface area contributed by atoms with Gasteiger partial charge in [-0.3, -0.25) is 4.79 Å². The average Bonchev–Trinajstić information content (AvgIpc) is 2.98. The fourth-order valence-corrected chi connectivity index (χ4v) is 3.31. The number of fused-ring (bicyclic) bond motifs is 1. The minimum absolute atomic E-state index is 0.0795. The van der Waals surface area contributed by atoms with Crippen LogP contribution in [-0.2, 0) is 4.79 Å². The Kier molecular flexibility index (Phi) is 5.05. The molecule has 3 aromatic rings. The minimum Gasteiger partial charge on any atom is -0.484 e. The first-order chi connectivity index (χ1) is 11.2. The van der Waals surface area contributed by atoms with Crippen molar-refractivity contribution in [2.45, 2.75) is 0 Å². The van der Waals surface area contributed by atoms with E-state index in [2.05, 4.69) is 26.5 Å². The lowest BCUT2D eigenvalue weighted by Gasteiger charge is -2.06. The number of nitrogens with one attached hydrogen (secondary N) is 1. The number of hydrogen-bond donors (Lipinski definition) is 1. The second kappa shape index (κ2) is 7.39. The number of hydrogen-bond acceptors (Lipinski definition) is 4. The average molecular weight is 389 g/mol. The van der Waals surface area contributed by atoms with Crippen molar-refractivity contribution in [2.75, 3.05) is 6.61 Å². The van der Waals surface area contributed by atoms with E-state index in [9.17, 15) is 4.79 Å². The van der Waals surface area contributed by atoms with Crippen LogP contribution in [0.2, 0.25) is 0 Å².